The van der Waals surface area contributed by atoms with E-state index in [0.29, 0.717) is 18.7 Å². The molecule has 0 aromatic carbocycles. The van der Waals surface area contributed by atoms with Gasteiger partial charge in [0.25, 0.3) is 0 Å². The van der Waals surface area contributed by atoms with Crippen LogP contribution in [-0.4, -0.2) is 48.3 Å². The van der Waals surface area contributed by atoms with E-state index in [4.69, 9.17) is 0 Å². The molecule has 1 aliphatic carbocycles. The fourth-order valence-electron chi connectivity index (χ4n) is 2.38. The lowest BCUT2D eigenvalue weighted by Crippen LogP contribution is -2.37. The van der Waals surface area contributed by atoms with E-state index in [-0.39, 0.29) is 0 Å². The number of hydrogen-bond acceptors (Lipinski definition) is 3. The predicted molar refractivity (Wildman–Crippen MR) is 61.9 cm³/mol. The van der Waals surface area contributed by atoms with Gasteiger partial charge in [-0.3, -0.25) is 0 Å². The Hall–Kier alpha value is -0.120. The Labute approximate surface area is 92.8 Å². The summed E-state index contributed by atoms with van der Waals surface area (Å²) in [4.78, 5) is 2.53. The van der Waals surface area contributed by atoms with Gasteiger partial charge in [-0.05, 0) is 44.7 Å². The summed E-state index contributed by atoms with van der Waals surface area (Å²) in [5.41, 5.74) is 0. The topological polar surface area (TPSA) is 35.5 Å². The Morgan fingerprint density at radius 1 is 1.40 bits per heavy atom. The first-order chi connectivity index (χ1) is 7.28. The van der Waals surface area contributed by atoms with Crippen LogP contribution in [0.4, 0.5) is 0 Å². The number of aliphatic hydroxyl groups excluding tert-OH is 1. The standard InChI is InChI=1S/C12H24N2O/c1-10-4-6-14(8-10)7-5-12(9-15)13-11-2-3-11/h10-13,15H,2-9H2,1H3. The number of nitrogens with zero attached hydrogens (tertiary/aromatic N) is 1. The maximum Gasteiger partial charge on any atom is 0.0585 e. The van der Waals surface area contributed by atoms with E-state index in [2.05, 4.69) is 17.1 Å². The lowest BCUT2D eigenvalue weighted by molar-refractivity contribution is 0.215. The first-order valence-corrected chi connectivity index (χ1v) is 6.37. The third kappa shape index (κ3) is 3.74. The van der Waals surface area contributed by atoms with Crippen LogP contribution in [0.15, 0.2) is 0 Å². The molecule has 1 saturated heterocycles. The van der Waals surface area contributed by atoms with Crippen molar-refractivity contribution in [3.63, 3.8) is 0 Å². The van der Waals surface area contributed by atoms with Gasteiger partial charge in [0.15, 0.2) is 0 Å². The summed E-state index contributed by atoms with van der Waals surface area (Å²) in [5, 5.41) is 12.7. The van der Waals surface area contributed by atoms with Gasteiger partial charge in [0.05, 0.1) is 6.61 Å². The summed E-state index contributed by atoms with van der Waals surface area (Å²) in [5.74, 6) is 0.869. The van der Waals surface area contributed by atoms with Crippen molar-refractivity contribution in [3.8, 4) is 0 Å². The molecule has 1 saturated carbocycles. The van der Waals surface area contributed by atoms with Crippen molar-refractivity contribution < 1.29 is 5.11 Å². The fraction of sp³-hybridized carbons (Fsp3) is 1.00. The summed E-state index contributed by atoms with van der Waals surface area (Å²) in [6.45, 7) is 6.27. The highest BCUT2D eigenvalue weighted by molar-refractivity contribution is 4.85. The van der Waals surface area contributed by atoms with Crippen LogP contribution in [-0.2, 0) is 0 Å². The smallest absolute Gasteiger partial charge is 0.0585 e. The van der Waals surface area contributed by atoms with Crippen LogP contribution < -0.4 is 5.32 Å². The molecule has 0 amide bonds. The van der Waals surface area contributed by atoms with Crippen molar-refractivity contribution in [1.82, 2.24) is 10.2 Å². The van der Waals surface area contributed by atoms with E-state index in [0.717, 1.165) is 18.9 Å². The molecule has 2 fully saturated rings. The van der Waals surface area contributed by atoms with Gasteiger partial charge < -0.3 is 15.3 Å². The first-order valence-electron chi connectivity index (χ1n) is 6.37. The van der Waals surface area contributed by atoms with Gasteiger partial charge in [0.1, 0.15) is 0 Å². The molecule has 2 unspecified atom stereocenters. The Balaban J connectivity index is 1.61. The van der Waals surface area contributed by atoms with Crippen LogP contribution in [0.25, 0.3) is 0 Å². The van der Waals surface area contributed by atoms with Gasteiger partial charge in [-0.25, -0.2) is 0 Å². The second-order valence-electron chi connectivity index (χ2n) is 5.30. The molecule has 88 valence electrons. The SMILES string of the molecule is CC1CCN(CCC(CO)NC2CC2)C1. The van der Waals surface area contributed by atoms with Gasteiger partial charge >= 0.3 is 0 Å². The summed E-state index contributed by atoms with van der Waals surface area (Å²) in [7, 11) is 0. The van der Waals surface area contributed by atoms with Crippen molar-refractivity contribution in [2.75, 3.05) is 26.2 Å². The van der Waals surface area contributed by atoms with Crippen molar-refractivity contribution in [2.45, 2.75) is 44.7 Å². The molecule has 3 heteroatoms. The maximum absolute atomic E-state index is 9.25. The van der Waals surface area contributed by atoms with Crippen molar-refractivity contribution in [2.24, 2.45) is 5.92 Å². The average Bonchev–Trinajstić information content (AvgIpc) is 2.95. The molecule has 0 bridgehead atoms. The zero-order valence-electron chi connectivity index (χ0n) is 9.78. The third-order valence-electron chi connectivity index (χ3n) is 3.57. The highest BCUT2D eigenvalue weighted by Gasteiger charge is 2.25. The minimum absolute atomic E-state index is 0.292. The third-order valence-corrected chi connectivity index (χ3v) is 3.57. The number of rotatable bonds is 6. The van der Waals surface area contributed by atoms with Gasteiger partial charge in [-0.15, -0.1) is 0 Å². The number of aliphatic hydroxyl groups is 1. The van der Waals surface area contributed by atoms with Crippen LogP contribution in [0, 0.1) is 5.92 Å². The minimum atomic E-state index is 0.292. The quantitative estimate of drug-likeness (QED) is 0.684. The molecule has 15 heavy (non-hydrogen) atoms. The molecular weight excluding hydrogens is 188 g/mol. The predicted octanol–water partition coefficient (Wildman–Crippen LogP) is 0.831. The van der Waals surface area contributed by atoms with E-state index < -0.39 is 0 Å². The van der Waals surface area contributed by atoms with Gasteiger partial charge in [-0.1, -0.05) is 6.92 Å². The zero-order chi connectivity index (χ0) is 10.7. The van der Waals surface area contributed by atoms with E-state index in [1.54, 1.807) is 0 Å². The van der Waals surface area contributed by atoms with Crippen LogP contribution in [0.3, 0.4) is 0 Å². The molecule has 1 heterocycles. The van der Waals surface area contributed by atoms with Crippen LogP contribution in [0.1, 0.15) is 32.6 Å². The van der Waals surface area contributed by atoms with Crippen molar-refractivity contribution in [1.29, 1.82) is 0 Å². The molecular formula is C12H24N2O. The number of likely N-dealkylation sites (tertiary alicyclic amines) is 1. The maximum atomic E-state index is 9.25. The second kappa shape index (κ2) is 5.28. The van der Waals surface area contributed by atoms with E-state index in [1.807, 2.05) is 0 Å². The molecule has 0 aromatic rings. The van der Waals surface area contributed by atoms with Crippen molar-refractivity contribution in [3.05, 3.63) is 0 Å². The Morgan fingerprint density at radius 2 is 2.20 bits per heavy atom. The van der Waals surface area contributed by atoms with Crippen LogP contribution in [0.5, 0.6) is 0 Å². The van der Waals surface area contributed by atoms with E-state index >= 15 is 0 Å². The molecule has 0 spiro atoms. The molecule has 0 aromatic heterocycles. The number of nitrogens with one attached hydrogen (secondary N) is 1. The second-order valence-corrected chi connectivity index (χ2v) is 5.30. The Kier molecular flexibility index (Phi) is 4.00. The molecule has 2 atom stereocenters. The zero-order valence-corrected chi connectivity index (χ0v) is 9.78. The Bertz CT molecular complexity index is 194. The molecule has 1 aliphatic heterocycles. The molecule has 2 N–H and O–H groups in total. The highest BCUT2D eigenvalue weighted by Crippen LogP contribution is 2.20. The molecule has 2 aliphatic rings. The summed E-state index contributed by atoms with van der Waals surface area (Å²) in [6, 6.07) is 1.04. The monoisotopic (exact) mass is 212 g/mol. The Morgan fingerprint density at radius 3 is 2.73 bits per heavy atom. The van der Waals surface area contributed by atoms with Gasteiger partial charge in [0, 0.05) is 18.6 Å². The van der Waals surface area contributed by atoms with E-state index in [9.17, 15) is 5.11 Å². The molecule has 2 rings (SSSR count). The van der Waals surface area contributed by atoms with Gasteiger partial charge in [-0.2, -0.15) is 0 Å². The normalized spacial score (nSPS) is 29.6. The first kappa shape index (κ1) is 11.4. The lowest BCUT2D eigenvalue weighted by atomic mass is 10.2. The highest BCUT2D eigenvalue weighted by atomic mass is 16.3. The summed E-state index contributed by atoms with van der Waals surface area (Å²) >= 11 is 0. The van der Waals surface area contributed by atoms with Crippen LogP contribution >= 0.6 is 0 Å². The summed E-state index contributed by atoms with van der Waals surface area (Å²) in [6.07, 6.45) is 5.05. The number of hydrogen-bond donors (Lipinski definition) is 2. The summed E-state index contributed by atoms with van der Waals surface area (Å²) < 4.78 is 0. The van der Waals surface area contributed by atoms with Gasteiger partial charge in [0.2, 0.25) is 0 Å². The lowest BCUT2D eigenvalue weighted by Gasteiger charge is -2.20. The molecule has 0 radical (unpaired) electrons. The minimum Gasteiger partial charge on any atom is -0.395 e. The molecule has 3 nitrogen and oxygen atoms in total. The average molecular weight is 212 g/mol. The fourth-order valence-corrected chi connectivity index (χ4v) is 2.38. The van der Waals surface area contributed by atoms with Crippen molar-refractivity contribution >= 4 is 0 Å². The van der Waals surface area contributed by atoms with Crippen LogP contribution in [0.2, 0.25) is 0 Å². The van der Waals surface area contributed by atoms with E-state index in [1.165, 1.54) is 32.4 Å². The largest absolute Gasteiger partial charge is 0.395 e.